The molecule has 26 heavy (non-hydrogen) atoms. The number of hydrogen-bond donors (Lipinski definition) is 1. The highest BCUT2D eigenvalue weighted by Crippen LogP contribution is 2.21. The van der Waals surface area contributed by atoms with Crippen LogP contribution in [-0.2, 0) is 13.0 Å². The molecule has 0 spiro atoms. The van der Waals surface area contributed by atoms with Gasteiger partial charge in [0.2, 0.25) is 0 Å². The molecule has 136 valence electrons. The summed E-state index contributed by atoms with van der Waals surface area (Å²) in [6.07, 6.45) is 2.36. The average molecular weight is 351 g/mol. The van der Waals surface area contributed by atoms with Gasteiger partial charge < -0.3 is 9.73 Å². The van der Waals surface area contributed by atoms with E-state index in [0.717, 1.165) is 34.8 Å². The normalized spacial score (nSPS) is 11.1. The Morgan fingerprint density at radius 3 is 2.69 bits per heavy atom. The molecule has 0 saturated carbocycles. The zero-order valence-electron chi connectivity index (χ0n) is 15.7. The highest BCUT2D eigenvalue weighted by Gasteiger charge is 2.22. The van der Waals surface area contributed by atoms with Crippen molar-refractivity contribution in [2.45, 2.75) is 40.7 Å². The molecule has 2 heterocycles. The molecular formula is C21H25N3O2. The van der Waals surface area contributed by atoms with Crippen LogP contribution in [0.1, 0.15) is 46.9 Å². The van der Waals surface area contributed by atoms with E-state index in [1.54, 1.807) is 6.26 Å². The minimum absolute atomic E-state index is 0.117. The molecule has 0 saturated heterocycles. The van der Waals surface area contributed by atoms with Crippen molar-refractivity contribution in [3.63, 3.8) is 0 Å². The van der Waals surface area contributed by atoms with Crippen LogP contribution in [0.15, 0.2) is 47.1 Å². The lowest BCUT2D eigenvalue weighted by molar-refractivity contribution is 0.0946. The highest BCUT2D eigenvalue weighted by atomic mass is 16.3. The number of nitrogens with one attached hydrogen (secondary N) is 1. The first kappa shape index (κ1) is 18.0. The van der Waals surface area contributed by atoms with E-state index in [9.17, 15) is 4.79 Å². The third-order valence-corrected chi connectivity index (χ3v) is 4.27. The topological polar surface area (TPSA) is 60.1 Å². The van der Waals surface area contributed by atoms with Crippen molar-refractivity contribution in [2.24, 2.45) is 5.92 Å². The quantitative estimate of drug-likeness (QED) is 0.724. The molecule has 0 unspecified atom stereocenters. The summed E-state index contributed by atoms with van der Waals surface area (Å²) >= 11 is 0. The van der Waals surface area contributed by atoms with E-state index in [1.165, 1.54) is 0 Å². The monoisotopic (exact) mass is 351 g/mol. The molecule has 0 atom stereocenters. The molecule has 0 bridgehead atoms. The van der Waals surface area contributed by atoms with Crippen LogP contribution in [0, 0.1) is 19.8 Å². The fourth-order valence-corrected chi connectivity index (χ4v) is 3.07. The predicted octanol–water partition coefficient (Wildman–Crippen LogP) is 4.21. The van der Waals surface area contributed by atoms with Crippen molar-refractivity contribution in [3.8, 4) is 5.69 Å². The third-order valence-electron chi connectivity index (χ3n) is 4.27. The number of carbonyl (C=O) groups is 1. The molecule has 1 amide bonds. The minimum Gasteiger partial charge on any atom is -0.467 e. The Labute approximate surface area is 154 Å². The van der Waals surface area contributed by atoms with Gasteiger partial charge in [0, 0.05) is 0 Å². The molecule has 0 radical (unpaired) electrons. The Balaban J connectivity index is 1.95. The van der Waals surface area contributed by atoms with Crippen LogP contribution < -0.4 is 5.32 Å². The molecule has 2 aromatic heterocycles. The van der Waals surface area contributed by atoms with Crippen LogP contribution in [-0.4, -0.2) is 15.7 Å². The fourth-order valence-electron chi connectivity index (χ4n) is 3.07. The van der Waals surface area contributed by atoms with E-state index in [2.05, 4.69) is 25.2 Å². The van der Waals surface area contributed by atoms with Gasteiger partial charge in [0.15, 0.2) is 0 Å². The van der Waals surface area contributed by atoms with Gasteiger partial charge in [-0.3, -0.25) is 4.79 Å². The Morgan fingerprint density at radius 1 is 1.23 bits per heavy atom. The number of nitrogens with zero attached hydrogens (tertiary/aromatic N) is 2. The molecule has 5 heteroatoms. The van der Waals surface area contributed by atoms with Gasteiger partial charge in [-0.05, 0) is 56.0 Å². The van der Waals surface area contributed by atoms with E-state index < -0.39 is 0 Å². The van der Waals surface area contributed by atoms with Crippen LogP contribution >= 0.6 is 0 Å². The van der Waals surface area contributed by atoms with Gasteiger partial charge in [0.1, 0.15) is 5.76 Å². The maximum atomic E-state index is 12.9. The van der Waals surface area contributed by atoms with E-state index in [4.69, 9.17) is 9.52 Å². The van der Waals surface area contributed by atoms with E-state index in [-0.39, 0.29) is 5.91 Å². The molecule has 0 fully saturated rings. The largest absolute Gasteiger partial charge is 0.467 e. The standard InChI is InChI=1S/C21H25N3O2/c1-14(2)11-19-20(21(25)22-13-18-9-6-10-26-18)16(4)24(23-19)17-8-5-7-15(3)12-17/h5-10,12,14H,11,13H2,1-4H3,(H,22,25). The molecular weight excluding hydrogens is 326 g/mol. The molecule has 1 N–H and O–H groups in total. The lowest BCUT2D eigenvalue weighted by Crippen LogP contribution is -2.24. The van der Waals surface area contributed by atoms with Crippen molar-refractivity contribution < 1.29 is 9.21 Å². The van der Waals surface area contributed by atoms with E-state index in [1.807, 2.05) is 48.9 Å². The summed E-state index contributed by atoms with van der Waals surface area (Å²) in [6.45, 7) is 8.62. The number of rotatable bonds is 6. The number of benzene rings is 1. The summed E-state index contributed by atoms with van der Waals surface area (Å²) in [7, 11) is 0. The number of amides is 1. The lowest BCUT2D eigenvalue weighted by Gasteiger charge is -2.07. The van der Waals surface area contributed by atoms with Crippen molar-refractivity contribution in [1.29, 1.82) is 0 Å². The molecule has 3 rings (SSSR count). The van der Waals surface area contributed by atoms with Crippen molar-refractivity contribution >= 4 is 5.91 Å². The second kappa shape index (κ2) is 7.60. The van der Waals surface area contributed by atoms with Gasteiger partial charge in [-0.25, -0.2) is 4.68 Å². The Hall–Kier alpha value is -2.82. The van der Waals surface area contributed by atoms with Gasteiger partial charge in [0.05, 0.1) is 35.4 Å². The summed E-state index contributed by atoms with van der Waals surface area (Å²) in [5, 5.41) is 7.71. The number of hydrogen-bond acceptors (Lipinski definition) is 3. The predicted molar refractivity (Wildman–Crippen MR) is 101 cm³/mol. The molecule has 0 aliphatic heterocycles. The summed E-state index contributed by atoms with van der Waals surface area (Å²) in [6, 6.07) is 11.8. The summed E-state index contributed by atoms with van der Waals surface area (Å²) in [5.41, 5.74) is 4.47. The van der Waals surface area contributed by atoms with Crippen LogP contribution in [0.4, 0.5) is 0 Å². The van der Waals surface area contributed by atoms with Crippen molar-refractivity contribution in [3.05, 3.63) is 70.9 Å². The second-order valence-electron chi connectivity index (χ2n) is 7.02. The minimum atomic E-state index is -0.117. The summed E-state index contributed by atoms with van der Waals surface area (Å²) < 4.78 is 7.16. The zero-order valence-corrected chi connectivity index (χ0v) is 15.7. The van der Waals surface area contributed by atoms with Gasteiger partial charge in [0.25, 0.3) is 5.91 Å². The molecule has 5 nitrogen and oxygen atoms in total. The van der Waals surface area contributed by atoms with Crippen molar-refractivity contribution in [2.75, 3.05) is 0 Å². The molecule has 0 aliphatic carbocycles. The molecule has 0 aliphatic rings. The fraction of sp³-hybridized carbons (Fsp3) is 0.333. The van der Waals surface area contributed by atoms with Gasteiger partial charge in [-0.2, -0.15) is 5.10 Å². The van der Waals surface area contributed by atoms with E-state index in [0.29, 0.717) is 18.0 Å². The van der Waals surface area contributed by atoms with Crippen LogP contribution in [0.25, 0.3) is 5.69 Å². The molecule has 3 aromatic rings. The summed E-state index contributed by atoms with van der Waals surface area (Å²) in [5.74, 6) is 1.02. The Bertz CT molecular complexity index is 892. The number of aryl methyl sites for hydroxylation is 1. The smallest absolute Gasteiger partial charge is 0.255 e. The SMILES string of the molecule is Cc1cccc(-n2nc(CC(C)C)c(C(=O)NCc3ccco3)c2C)c1. The Morgan fingerprint density at radius 2 is 2.04 bits per heavy atom. The van der Waals surface area contributed by atoms with Crippen LogP contribution in [0.3, 0.4) is 0 Å². The maximum Gasteiger partial charge on any atom is 0.255 e. The first-order chi connectivity index (χ1) is 12.5. The summed E-state index contributed by atoms with van der Waals surface area (Å²) in [4.78, 5) is 12.9. The first-order valence-electron chi connectivity index (χ1n) is 8.92. The van der Waals surface area contributed by atoms with Gasteiger partial charge >= 0.3 is 0 Å². The third kappa shape index (κ3) is 3.87. The lowest BCUT2D eigenvalue weighted by atomic mass is 10.0. The van der Waals surface area contributed by atoms with E-state index >= 15 is 0 Å². The number of furan rings is 1. The van der Waals surface area contributed by atoms with Crippen LogP contribution in [0.5, 0.6) is 0 Å². The highest BCUT2D eigenvalue weighted by molar-refractivity contribution is 5.96. The second-order valence-corrected chi connectivity index (χ2v) is 7.02. The van der Waals surface area contributed by atoms with Crippen LogP contribution in [0.2, 0.25) is 0 Å². The number of aromatic nitrogens is 2. The van der Waals surface area contributed by atoms with Gasteiger partial charge in [-0.15, -0.1) is 0 Å². The maximum absolute atomic E-state index is 12.9. The Kier molecular flexibility index (Phi) is 5.26. The number of carbonyl (C=O) groups excluding carboxylic acids is 1. The zero-order chi connectivity index (χ0) is 18.7. The molecule has 1 aromatic carbocycles. The van der Waals surface area contributed by atoms with Gasteiger partial charge in [-0.1, -0.05) is 26.0 Å². The first-order valence-corrected chi connectivity index (χ1v) is 8.92. The average Bonchev–Trinajstić information content (AvgIpc) is 3.20. The van der Waals surface area contributed by atoms with Crippen molar-refractivity contribution in [1.82, 2.24) is 15.1 Å².